The summed E-state index contributed by atoms with van der Waals surface area (Å²) in [6.07, 6.45) is 1.35. The largest absolute Gasteiger partial charge is 0.375 e. The molecule has 0 bridgehead atoms. The van der Waals surface area contributed by atoms with Crippen molar-refractivity contribution in [2.75, 3.05) is 12.3 Å². The van der Waals surface area contributed by atoms with Crippen molar-refractivity contribution in [1.82, 2.24) is 9.88 Å². The Balaban J connectivity index is 1.81. The molecular weight excluding hydrogens is 266 g/mol. The van der Waals surface area contributed by atoms with Crippen LogP contribution in [0.25, 0.3) is 10.2 Å². The summed E-state index contributed by atoms with van der Waals surface area (Å²) < 4.78 is 1.20. The summed E-state index contributed by atoms with van der Waals surface area (Å²) in [6, 6.07) is 7.20. The van der Waals surface area contributed by atoms with Crippen LogP contribution in [0.3, 0.4) is 0 Å². The molecule has 1 fully saturated rings. The highest BCUT2D eigenvalue weighted by Crippen LogP contribution is 2.30. The number of nitrogens with two attached hydrogens (primary N) is 1. The minimum atomic E-state index is 0.658. The fourth-order valence-corrected chi connectivity index (χ4v) is 4.16. The van der Waals surface area contributed by atoms with E-state index >= 15 is 0 Å². The lowest BCUT2D eigenvalue weighted by molar-refractivity contribution is 0.0730. The number of piperidine rings is 1. The van der Waals surface area contributed by atoms with E-state index in [4.69, 9.17) is 5.73 Å². The summed E-state index contributed by atoms with van der Waals surface area (Å²) in [7, 11) is 0. The van der Waals surface area contributed by atoms with E-state index in [0.29, 0.717) is 11.2 Å². The normalized spacial score (nSPS) is 28.1. The van der Waals surface area contributed by atoms with Crippen LogP contribution in [0.4, 0.5) is 5.13 Å². The monoisotopic (exact) mass is 289 g/mol. The lowest BCUT2D eigenvalue weighted by Crippen LogP contribution is -2.45. The predicted molar refractivity (Wildman–Crippen MR) is 86.8 cm³/mol. The number of likely N-dealkylation sites (tertiary alicyclic amines) is 1. The highest BCUT2D eigenvalue weighted by Gasteiger charge is 2.28. The maximum absolute atomic E-state index is 5.78. The highest BCUT2D eigenvalue weighted by molar-refractivity contribution is 7.22. The second kappa shape index (κ2) is 5.34. The van der Waals surface area contributed by atoms with E-state index in [0.717, 1.165) is 23.9 Å². The van der Waals surface area contributed by atoms with E-state index < -0.39 is 0 Å². The highest BCUT2D eigenvalue weighted by atomic mass is 32.1. The number of nitrogen functional groups attached to an aromatic ring is 1. The van der Waals surface area contributed by atoms with Gasteiger partial charge >= 0.3 is 0 Å². The number of aromatic nitrogens is 1. The molecule has 0 radical (unpaired) electrons. The molecule has 4 heteroatoms. The smallest absolute Gasteiger partial charge is 0.181 e. The van der Waals surface area contributed by atoms with Crippen molar-refractivity contribution in [1.29, 1.82) is 0 Å². The molecule has 2 heterocycles. The molecule has 20 heavy (non-hydrogen) atoms. The third-order valence-electron chi connectivity index (χ3n) is 4.57. The first-order valence-corrected chi connectivity index (χ1v) is 8.23. The average Bonchev–Trinajstić information content (AvgIpc) is 2.74. The third kappa shape index (κ3) is 2.67. The van der Waals surface area contributed by atoms with Crippen LogP contribution in [-0.4, -0.2) is 22.5 Å². The number of fused-ring (bicyclic) bond motifs is 1. The molecule has 108 valence electrons. The molecule has 0 aliphatic carbocycles. The number of hydrogen-bond acceptors (Lipinski definition) is 4. The summed E-state index contributed by atoms with van der Waals surface area (Å²) in [5.74, 6) is 1.57. The minimum Gasteiger partial charge on any atom is -0.375 e. The van der Waals surface area contributed by atoms with Gasteiger partial charge in [0.25, 0.3) is 0 Å². The van der Waals surface area contributed by atoms with Crippen LogP contribution in [0.5, 0.6) is 0 Å². The molecule has 3 rings (SSSR count). The van der Waals surface area contributed by atoms with E-state index in [1.165, 1.54) is 23.2 Å². The van der Waals surface area contributed by atoms with Gasteiger partial charge in [-0.25, -0.2) is 4.98 Å². The first-order valence-electron chi connectivity index (χ1n) is 7.42. The SMILES string of the molecule is CC1CC(C)C(C)N(Cc2ccc3nc(N)sc3c2)C1. The number of thiazole rings is 1. The van der Waals surface area contributed by atoms with E-state index in [1.807, 2.05) is 0 Å². The molecule has 1 aromatic heterocycles. The zero-order valence-corrected chi connectivity index (χ0v) is 13.3. The molecule has 0 spiro atoms. The quantitative estimate of drug-likeness (QED) is 0.915. The van der Waals surface area contributed by atoms with Crippen LogP contribution >= 0.6 is 11.3 Å². The zero-order valence-electron chi connectivity index (χ0n) is 12.5. The summed E-state index contributed by atoms with van der Waals surface area (Å²) in [6.45, 7) is 9.33. The van der Waals surface area contributed by atoms with Gasteiger partial charge in [0.1, 0.15) is 0 Å². The number of benzene rings is 1. The van der Waals surface area contributed by atoms with Crippen molar-refractivity contribution in [3.05, 3.63) is 23.8 Å². The molecule has 2 N–H and O–H groups in total. The fourth-order valence-electron chi connectivity index (χ4n) is 3.36. The van der Waals surface area contributed by atoms with Gasteiger partial charge < -0.3 is 5.73 Å². The fraction of sp³-hybridized carbons (Fsp3) is 0.562. The van der Waals surface area contributed by atoms with E-state index in [9.17, 15) is 0 Å². The van der Waals surface area contributed by atoms with Crippen LogP contribution in [0.1, 0.15) is 32.8 Å². The molecule has 3 unspecified atom stereocenters. The number of rotatable bonds is 2. The first kappa shape index (κ1) is 13.8. The Bertz CT molecular complexity index is 607. The number of nitrogens with zero attached hydrogens (tertiary/aromatic N) is 2. The number of anilines is 1. The van der Waals surface area contributed by atoms with Gasteiger partial charge in [-0.15, -0.1) is 0 Å². The van der Waals surface area contributed by atoms with E-state index in [1.54, 1.807) is 11.3 Å². The van der Waals surface area contributed by atoms with Crippen LogP contribution in [0.15, 0.2) is 18.2 Å². The molecule has 1 aliphatic heterocycles. The molecule has 1 aliphatic rings. The average molecular weight is 289 g/mol. The second-order valence-electron chi connectivity index (χ2n) is 6.34. The summed E-state index contributed by atoms with van der Waals surface area (Å²) in [5, 5.41) is 0.658. The van der Waals surface area contributed by atoms with Crippen molar-refractivity contribution < 1.29 is 0 Å². The Morgan fingerprint density at radius 3 is 2.95 bits per heavy atom. The Kier molecular flexibility index (Phi) is 3.69. The summed E-state index contributed by atoms with van der Waals surface area (Å²) >= 11 is 1.58. The van der Waals surface area contributed by atoms with E-state index in [-0.39, 0.29) is 0 Å². The van der Waals surface area contributed by atoms with Gasteiger partial charge in [0, 0.05) is 19.1 Å². The lowest BCUT2D eigenvalue weighted by atomic mass is 9.86. The maximum atomic E-state index is 5.78. The van der Waals surface area contributed by atoms with Gasteiger partial charge in [-0.05, 0) is 42.9 Å². The minimum absolute atomic E-state index is 0.658. The molecule has 0 amide bonds. The Hall–Kier alpha value is -1.13. The first-order chi connectivity index (χ1) is 9.52. The van der Waals surface area contributed by atoms with Gasteiger partial charge in [-0.3, -0.25) is 4.90 Å². The summed E-state index contributed by atoms with van der Waals surface area (Å²) in [4.78, 5) is 6.94. The zero-order chi connectivity index (χ0) is 14.3. The summed E-state index contributed by atoms with van der Waals surface area (Å²) in [5.41, 5.74) is 8.17. The van der Waals surface area contributed by atoms with Gasteiger partial charge in [0.15, 0.2) is 5.13 Å². The molecule has 1 saturated heterocycles. The van der Waals surface area contributed by atoms with Gasteiger partial charge in [-0.2, -0.15) is 0 Å². The molecule has 3 nitrogen and oxygen atoms in total. The van der Waals surface area contributed by atoms with Crippen molar-refractivity contribution >= 4 is 26.7 Å². The molecule has 2 aromatic rings. The van der Waals surface area contributed by atoms with Gasteiger partial charge in [-0.1, -0.05) is 31.3 Å². The van der Waals surface area contributed by atoms with Gasteiger partial charge in [0.05, 0.1) is 10.2 Å². The standard InChI is InChI=1S/C16H23N3S/c1-10-6-11(2)12(3)19(8-10)9-13-4-5-14-15(7-13)20-16(17)18-14/h4-5,7,10-12H,6,8-9H2,1-3H3,(H2,17,18). The Labute approximate surface area is 124 Å². The predicted octanol–water partition coefficient (Wildman–Crippen LogP) is 3.74. The van der Waals surface area contributed by atoms with Crippen molar-refractivity contribution in [2.24, 2.45) is 11.8 Å². The van der Waals surface area contributed by atoms with Crippen LogP contribution in [-0.2, 0) is 6.54 Å². The maximum Gasteiger partial charge on any atom is 0.181 e. The van der Waals surface area contributed by atoms with Gasteiger partial charge in [0.2, 0.25) is 0 Å². The van der Waals surface area contributed by atoms with Crippen LogP contribution < -0.4 is 5.73 Å². The molecule has 3 atom stereocenters. The molecular formula is C16H23N3S. The van der Waals surface area contributed by atoms with Crippen LogP contribution in [0, 0.1) is 11.8 Å². The third-order valence-corrected chi connectivity index (χ3v) is 5.42. The van der Waals surface area contributed by atoms with E-state index in [2.05, 4.69) is 48.9 Å². The Morgan fingerprint density at radius 2 is 2.15 bits per heavy atom. The lowest BCUT2D eigenvalue weighted by Gasteiger charge is -2.41. The van der Waals surface area contributed by atoms with Crippen LogP contribution in [0.2, 0.25) is 0 Å². The molecule has 1 aromatic carbocycles. The van der Waals surface area contributed by atoms with Crippen molar-refractivity contribution in [3.8, 4) is 0 Å². The number of hydrogen-bond donors (Lipinski definition) is 1. The topological polar surface area (TPSA) is 42.2 Å². The Morgan fingerprint density at radius 1 is 1.35 bits per heavy atom. The molecule has 0 saturated carbocycles. The van der Waals surface area contributed by atoms with Crippen molar-refractivity contribution in [2.45, 2.75) is 39.8 Å². The second-order valence-corrected chi connectivity index (χ2v) is 7.40. The van der Waals surface area contributed by atoms with Crippen molar-refractivity contribution in [3.63, 3.8) is 0 Å².